The van der Waals surface area contributed by atoms with Crippen LogP contribution in [0.3, 0.4) is 0 Å². The molecule has 1 aliphatic heterocycles. The molecule has 8 heteroatoms. The van der Waals surface area contributed by atoms with E-state index in [9.17, 15) is 0 Å². The van der Waals surface area contributed by atoms with Crippen molar-refractivity contribution in [2.45, 2.75) is 38.7 Å². The molecule has 29 heavy (non-hydrogen) atoms. The molecule has 1 atom stereocenters. The first-order valence-corrected chi connectivity index (χ1v) is 11.4. The van der Waals surface area contributed by atoms with Gasteiger partial charge in [-0.3, -0.25) is 0 Å². The fraction of sp³-hybridized carbons (Fsp3) is 0.333. The van der Waals surface area contributed by atoms with Crippen LogP contribution in [0.15, 0.2) is 36.0 Å². The molecule has 1 N–H and O–H groups in total. The van der Waals surface area contributed by atoms with E-state index in [0.29, 0.717) is 5.92 Å². The number of nitrogens with zero attached hydrogens (tertiary/aromatic N) is 4. The Morgan fingerprint density at radius 1 is 1.14 bits per heavy atom. The summed E-state index contributed by atoms with van der Waals surface area (Å²) in [6.07, 6.45) is 3.75. The van der Waals surface area contributed by atoms with Crippen LogP contribution in [0.2, 0.25) is 0 Å². The molecule has 4 heterocycles. The van der Waals surface area contributed by atoms with Gasteiger partial charge in [-0.15, -0.1) is 21.5 Å². The van der Waals surface area contributed by atoms with Gasteiger partial charge in [0.15, 0.2) is 0 Å². The number of hydrogen-bond donors (Lipinski definition) is 1. The molecule has 5 rings (SSSR count). The average Bonchev–Trinajstić information content (AvgIpc) is 3.48. The zero-order chi connectivity index (χ0) is 19.8. The minimum absolute atomic E-state index is 0.0737. The fourth-order valence-corrected chi connectivity index (χ4v) is 5.26. The quantitative estimate of drug-likeness (QED) is 0.429. The molecule has 1 fully saturated rings. The number of rotatable bonds is 5. The summed E-state index contributed by atoms with van der Waals surface area (Å²) in [5.41, 5.74) is 3.63. The Hall–Kier alpha value is -2.42. The number of aromatic nitrogens is 4. The molecule has 0 spiro atoms. The Morgan fingerprint density at radius 2 is 2.00 bits per heavy atom. The zero-order valence-corrected chi connectivity index (χ0v) is 17.9. The van der Waals surface area contributed by atoms with Crippen LogP contribution in [-0.2, 0) is 4.74 Å². The molecule has 0 amide bonds. The fourth-order valence-electron chi connectivity index (χ4n) is 3.52. The number of thiophene rings is 1. The van der Waals surface area contributed by atoms with Crippen molar-refractivity contribution in [3.8, 4) is 11.1 Å². The zero-order valence-electron chi connectivity index (χ0n) is 16.3. The highest BCUT2D eigenvalue weighted by Crippen LogP contribution is 2.39. The monoisotopic (exact) mass is 423 g/mol. The van der Waals surface area contributed by atoms with E-state index in [1.54, 1.807) is 17.7 Å². The van der Waals surface area contributed by atoms with E-state index in [1.807, 2.05) is 0 Å². The SMILES string of the molecule is CC(C)c1ccc(-c2csc3ncnc(Nc4nnc(C5CCCO5)s4)c23)cc1. The molecule has 1 aromatic carbocycles. The highest BCUT2D eigenvalue weighted by molar-refractivity contribution is 7.17. The van der Waals surface area contributed by atoms with Crippen molar-refractivity contribution in [2.75, 3.05) is 11.9 Å². The van der Waals surface area contributed by atoms with Gasteiger partial charge in [0.2, 0.25) is 5.13 Å². The van der Waals surface area contributed by atoms with Crippen LogP contribution in [0.4, 0.5) is 10.9 Å². The van der Waals surface area contributed by atoms with E-state index < -0.39 is 0 Å². The third kappa shape index (κ3) is 3.63. The minimum Gasteiger partial charge on any atom is -0.371 e. The average molecular weight is 424 g/mol. The predicted molar refractivity (Wildman–Crippen MR) is 118 cm³/mol. The Balaban J connectivity index is 1.49. The van der Waals surface area contributed by atoms with Gasteiger partial charge < -0.3 is 10.1 Å². The first-order chi connectivity index (χ1) is 14.2. The van der Waals surface area contributed by atoms with Crippen LogP contribution in [0.5, 0.6) is 0 Å². The lowest BCUT2D eigenvalue weighted by Gasteiger charge is -2.08. The van der Waals surface area contributed by atoms with E-state index >= 15 is 0 Å². The van der Waals surface area contributed by atoms with Gasteiger partial charge in [-0.1, -0.05) is 49.4 Å². The van der Waals surface area contributed by atoms with Crippen molar-refractivity contribution in [3.63, 3.8) is 0 Å². The molecule has 6 nitrogen and oxygen atoms in total. The second-order valence-corrected chi connectivity index (χ2v) is 9.27. The maximum atomic E-state index is 5.72. The summed E-state index contributed by atoms with van der Waals surface area (Å²) in [6.45, 7) is 5.21. The van der Waals surface area contributed by atoms with Crippen molar-refractivity contribution in [2.24, 2.45) is 0 Å². The topological polar surface area (TPSA) is 72.8 Å². The van der Waals surface area contributed by atoms with Crippen molar-refractivity contribution < 1.29 is 4.74 Å². The number of nitrogens with one attached hydrogen (secondary N) is 1. The Labute approximate surface area is 177 Å². The van der Waals surface area contributed by atoms with Gasteiger partial charge in [-0.2, -0.15) is 0 Å². The number of ether oxygens (including phenoxy) is 1. The van der Waals surface area contributed by atoms with E-state index in [-0.39, 0.29) is 6.10 Å². The molecule has 1 saturated heterocycles. The van der Waals surface area contributed by atoms with E-state index in [0.717, 1.165) is 56.7 Å². The molecule has 0 bridgehead atoms. The lowest BCUT2D eigenvalue weighted by Crippen LogP contribution is -1.95. The third-order valence-corrected chi connectivity index (χ3v) is 6.95. The summed E-state index contributed by atoms with van der Waals surface area (Å²) in [6, 6.07) is 8.74. The Bertz CT molecular complexity index is 1130. The van der Waals surface area contributed by atoms with E-state index in [4.69, 9.17) is 4.74 Å². The van der Waals surface area contributed by atoms with Gasteiger partial charge in [-0.05, 0) is 29.9 Å². The smallest absolute Gasteiger partial charge is 0.211 e. The van der Waals surface area contributed by atoms with Crippen LogP contribution in [-0.4, -0.2) is 26.8 Å². The number of hydrogen-bond acceptors (Lipinski definition) is 8. The van der Waals surface area contributed by atoms with Gasteiger partial charge in [-0.25, -0.2) is 9.97 Å². The molecular formula is C21H21N5OS2. The van der Waals surface area contributed by atoms with Crippen LogP contribution in [0.25, 0.3) is 21.3 Å². The van der Waals surface area contributed by atoms with E-state index in [2.05, 4.69) is 69.0 Å². The summed E-state index contributed by atoms with van der Waals surface area (Å²) < 4.78 is 5.72. The van der Waals surface area contributed by atoms with Gasteiger partial charge >= 0.3 is 0 Å². The van der Waals surface area contributed by atoms with Crippen molar-refractivity contribution in [1.29, 1.82) is 0 Å². The van der Waals surface area contributed by atoms with Gasteiger partial charge in [0.05, 0.1) is 5.39 Å². The molecular weight excluding hydrogens is 402 g/mol. The highest BCUT2D eigenvalue weighted by atomic mass is 32.1. The van der Waals surface area contributed by atoms with Crippen molar-refractivity contribution >= 4 is 43.8 Å². The molecule has 0 aliphatic carbocycles. The van der Waals surface area contributed by atoms with Crippen LogP contribution in [0, 0.1) is 0 Å². The number of benzene rings is 1. The first kappa shape index (κ1) is 18.6. The third-order valence-electron chi connectivity index (χ3n) is 5.13. The number of fused-ring (bicyclic) bond motifs is 1. The van der Waals surface area contributed by atoms with Crippen LogP contribution >= 0.6 is 22.7 Å². The highest BCUT2D eigenvalue weighted by Gasteiger charge is 2.22. The van der Waals surface area contributed by atoms with E-state index in [1.165, 1.54) is 16.9 Å². The summed E-state index contributed by atoms with van der Waals surface area (Å²) in [5.74, 6) is 1.27. The first-order valence-electron chi connectivity index (χ1n) is 9.73. The predicted octanol–water partition coefficient (Wildman–Crippen LogP) is 5.93. The van der Waals surface area contributed by atoms with Gasteiger partial charge in [0.1, 0.15) is 28.1 Å². The van der Waals surface area contributed by atoms with Crippen LogP contribution in [0.1, 0.15) is 49.3 Å². The maximum absolute atomic E-state index is 5.72. The van der Waals surface area contributed by atoms with Gasteiger partial charge in [0, 0.05) is 17.6 Å². The molecule has 148 valence electrons. The summed E-state index contributed by atoms with van der Waals surface area (Å²) in [4.78, 5) is 9.92. The molecule has 3 aromatic heterocycles. The summed E-state index contributed by atoms with van der Waals surface area (Å²) in [7, 11) is 0. The van der Waals surface area contributed by atoms with Gasteiger partial charge in [0.25, 0.3) is 0 Å². The lowest BCUT2D eigenvalue weighted by molar-refractivity contribution is 0.111. The second kappa shape index (κ2) is 7.78. The Kier molecular flexibility index (Phi) is 4.99. The standard InChI is InChI=1S/C21H21N5OS2/c1-12(2)13-5-7-14(8-6-13)15-10-28-20-17(15)18(22-11-23-20)24-21-26-25-19(29-21)16-4-3-9-27-16/h5-8,10-12,16H,3-4,9H2,1-2H3,(H,22,23,24,26). The number of anilines is 2. The Morgan fingerprint density at radius 3 is 2.76 bits per heavy atom. The lowest BCUT2D eigenvalue weighted by atomic mass is 9.99. The second-order valence-electron chi connectivity index (χ2n) is 7.40. The normalized spacial score (nSPS) is 16.7. The molecule has 4 aromatic rings. The largest absolute Gasteiger partial charge is 0.371 e. The van der Waals surface area contributed by atoms with Crippen molar-refractivity contribution in [1.82, 2.24) is 20.2 Å². The molecule has 1 aliphatic rings. The van der Waals surface area contributed by atoms with Crippen molar-refractivity contribution in [3.05, 3.63) is 46.5 Å². The summed E-state index contributed by atoms with van der Waals surface area (Å²) >= 11 is 3.15. The molecule has 0 radical (unpaired) electrons. The maximum Gasteiger partial charge on any atom is 0.211 e. The minimum atomic E-state index is 0.0737. The molecule has 1 unspecified atom stereocenters. The van der Waals surface area contributed by atoms with Crippen LogP contribution < -0.4 is 5.32 Å². The molecule has 0 saturated carbocycles. The summed E-state index contributed by atoms with van der Waals surface area (Å²) in [5, 5.41) is 16.8.